The van der Waals surface area contributed by atoms with E-state index in [1.165, 1.54) is 66.8 Å². The van der Waals surface area contributed by atoms with Crippen LogP contribution in [0.4, 0.5) is 34.1 Å². The third kappa shape index (κ3) is 6.31. The van der Waals surface area contributed by atoms with Gasteiger partial charge in [0.15, 0.2) is 0 Å². The molecule has 0 saturated heterocycles. The number of rotatable bonds is 9. The molecule has 2 heteroatoms. The average molecular weight is 847 g/mol. The highest BCUT2D eigenvalue weighted by molar-refractivity contribution is 5.90. The Morgan fingerprint density at radius 1 is 0.348 bits per heavy atom. The van der Waals surface area contributed by atoms with Crippen molar-refractivity contribution < 1.29 is 0 Å². The first kappa shape index (κ1) is 39.6. The van der Waals surface area contributed by atoms with Gasteiger partial charge in [0.05, 0.1) is 5.41 Å². The second-order valence-electron chi connectivity index (χ2n) is 18.4. The minimum absolute atomic E-state index is 0.133. The van der Waals surface area contributed by atoms with Crippen LogP contribution < -0.4 is 9.80 Å². The maximum Gasteiger partial charge on any atom is 0.0714 e. The lowest BCUT2D eigenvalue weighted by Crippen LogP contribution is -2.28. The normalized spacial score (nSPS) is 14.7. The lowest BCUT2D eigenvalue weighted by Gasteiger charge is -2.35. The molecule has 0 aromatic heterocycles. The zero-order valence-corrected chi connectivity index (χ0v) is 37.4. The fourth-order valence-corrected chi connectivity index (χ4v) is 11.3. The summed E-state index contributed by atoms with van der Waals surface area (Å²) in [6.07, 6.45) is 9.08. The van der Waals surface area contributed by atoms with Gasteiger partial charge in [0.2, 0.25) is 0 Å². The molecule has 0 atom stereocenters. The topological polar surface area (TPSA) is 6.48 Å². The number of nitrogens with zero attached hydrogens (tertiary/aromatic N) is 2. The third-order valence-electron chi connectivity index (χ3n) is 14.3. The van der Waals surface area contributed by atoms with Crippen molar-refractivity contribution in [3.63, 3.8) is 0 Å². The van der Waals surface area contributed by atoms with Crippen molar-refractivity contribution in [3.8, 4) is 22.3 Å². The summed E-state index contributed by atoms with van der Waals surface area (Å²) >= 11 is 0. The van der Waals surface area contributed by atoms with Crippen LogP contribution in [0.15, 0.2) is 243 Å². The molecule has 0 amide bonds. The summed E-state index contributed by atoms with van der Waals surface area (Å²) < 4.78 is 0. The monoisotopic (exact) mass is 846 g/mol. The molecular formula is C64H50N2. The average Bonchev–Trinajstić information content (AvgIpc) is 3.81. The number of para-hydroxylation sites is 1. The predicted octanol–water partition coefficient (Wildman–Crippen LogP) is 17.0. The summed E-state index contributed by atoms with van der Waals surface area (Å²) in [5.41, 5.74) is 21.5. The molecule has 0 N–H and O–H groups in total. The van der Waals surface area contributed by atoms with Gasteiger partial charge in [-0.3, -0.25) is 0 Å². The molecule has 0 spiro atoms. The van der Waals surface area contributed by atoms with E-state index < -0.39 is 5.41 Å². The number of hydrogen-bond donors (Lipinski definition) is 0. The molecule has 3 aliphatic rings. The summed E-state index contributed by atoms with van der Waals surface area (Å²) in [5.74, 6) is 0. The Bertz CT molecular complexity index is 3290. The van der Waals surface area contributed by atoms with Crippen LogP contribution in [-0.2, 0) is 10.8 Å². The van der Waals surface area contributed by atoms with E-state index in [-0.39, 0.29) is 5.41 Å². The largest absolute Gasteiger partial charge is 0.310 e. The minimum atomic E-state index is -0.512. The summed E-state index contributed by atoms with van der Waals surface area (Å²) in [5, 5.41) is 0. The standard InChI is InChI=1S/C64H50N2/c1-63(2)59-33-15-12-30-55(59)58-41-40-54(44-62(58)63)66(50-38-36-46(37-39-50)45-20-6-3-7-21-45)53-29-19-28-52(43-53)65(49-25-10-5-11-26-49)51-27-18-24-48(42-51)64(47-22-8-4-9-23-47)60-34-16-13-31-56(60)57-32-14-17-35-61(57)64/h4-6,8-44H,3,7H2,1-2H3. The van der Waals surface area contributed by atoms with E-state index in [1.54, 1.807) is 0 Å². The van der Waals surface area contributed by atoms with Gasteiger partial charge in [0, 0.05) is 39.5 Å². The van der Waals surface area contributed by atoms with Crippen molar-refractivity contribution in [3.05, 3.63) is 282 Å². The van der Waals surface area contributed by atoms with Crippen LogP contribution in [0.3, 0.4) is 0 Å². The van der Waals surface area contributed by atoms with Crippen molar-refractivity contribution in [2.24, 2.45) is 0 Å². The number of fused-ring (bicyclic) bond motifs is 6. The first-order valence-corrected chi connectivity index (χ1v) is 23.3. The molecule has 0 bridgehead atoms. The van der Waals surface area contributed by atoms with Crippen molar-refractivity contribution in [1.82, 2.24) is 0 Å². The predicted molar refractivity (Wildman–Crippen MR) is 277 cm³/mol. The maximum atomic E-state index is 2.44. The van der Waals surface area contributed by atoms with E-state index >= 15 is 0 Å². The van der Waals surface area contributed by atoms with Crippen LogP contribution in [0, 0.1) is 0 Å². The van der Waals surface area contributed by atoms with E-state index in [1.807, 2.05) is 0 Å². The number of hydrogen-bond acceptors (Lipinski definition) is 2. The number of benzene rings is 9. The zero-order valence-electron chi connectivity index (χ0n) is 37.4. The SMILES string of the molecule is CC1(C)c2ccccc2-c2ccc(N(c3ccc(C4=CCCC=C4)cc3)c3cccc(N(c4ccccc4)c4cccc(C5(c6ccccc6)c6ccccc6-c6ccccc65)c4)c3)cc21. The number of allylic oxidation sites excluding steroid dienone is 4. The van der Waals surface area contributed by atoms with Crippen LogP contribution in [0.2, 0.25) is 0 Å². The fourth-order valence-electron chi connectivity index (χ4n) is 11.3. The summed E-state index contributed by atoms with van der Waals surface area (Å²) in [7, 11) is 0. The second-order valence-corrected chi connectivity index (χ2v) is 18.4. The van der Waals surface area contributed by atoms with E-state index in [4.69, 9.17) is 0 Å². The van der Waals surface area contributed by atoms with Gasteiger partial charge in [-0.2, -0.15) is 0 Å². The Kier molecular flexibility index (Phi) is 9.57. The second kappa shape index (κ2) is 15.9. The molecule has 0 saturated carbocycles. The zero-order chi connectivity index (χ0) is 44.2. The van der Waals surface area contributed by atoms with Crippen LogP contribution >= 0.6 is 0 Å². The molecule has 0 unspecified atom stereocenters. The number of anilines is 6. The highest BCUT2D eigenvalue weighted by Crippen LogP contribution is 2.57. The highest BCUT2D eigenvalue weighted by Gasteiger charge is 2.46. The van der Waals surface area contributed by atoms with Crippen LogP contribution in [0.5, 0.6) is 0 Å². The molecule has 9 aromatic carbocycles. The Balaban J connectivity index is 1.03. The Morgan fingerprint density at radius 3 is 1.45 bits per heavy atom. The van der Waals surface area contributed by atoms with Gasteiger partial charge in [-0.1, -0.05) is 190 Å². The highest BCUT2D eigenvalue weighted by atomic mass is 15.2. The van der Waals surface area contributed by atoms with Crippen molar-refractivity contribution in [2.45, 2.75) is 37.5 Å². The summed E-state index contributed by atoms with van der Waals surface area (Å²) in [4.78, 5) is 4.86. The van der Waals surface area contributed by atoms with Crippen LogP contribution in [0.1, 0.15) is 65.6 Å². The molecule has 9 aromatic rings. The maximum absolute atomic E-state index is 2.44. The van der Waals surface area contributed by atoms with Gasteiger partial charge in [-0.25, -0.2) is 0 Å². The summed E-state index contributed by atoms with van der Waals surface area (Å²) in [6, 6.07) is 83.3. The molecule has 12 rings (SSSR count). The molecule has 0 radical (unpaired) electrons. The first-order valence-electron chi connectivity index (χ1n) is 23.3. The van der Waals surface area contributed by atoms with E-state index in [9.17, 15) is 0 Å². The molecule has 66 heavy (non-hydrogen) atoms. The van der Waals surface area contributed by atoms with Crippen LogP contribution in [-0.4, -0.2) is 0 Å². The van der Waals surface area contributed by atoms with Crippen molar-refractivity contribution in [2.75, 3.05) is 9.80 Å². The smallest absolute Gasteiger partial charge is 0.0714 e. The van der Waals surface area contributed by atoms with E-state index in [0.29, 0.717) is 0 Å². The third-order valence-corrected chi connectivity index (χ3v) is 14.3. The van der Waals surface area contributed by atoms with Gasteiger partial charge in [0.25, 0.3) is 0 Å². The lowest BCUT2D eigenvalue weighted by molar-refractivity contribution is 0.660. The molecular weight excluding hydrogens is 797 g/mol. The van der Waals surface area contributed by atoms with Crippen molar-refractivity contribution >= 4 is 39.7 Å². The lowest BCUT2D eigenvalue weighted by atomic mass is 9.67. The molecule has 0 fully saturated rings. The molecule has 316 valence electrons. The van der Waals surface area contributed by atoms with Gasteiger partial charge in [0.1, 0.15) is 0 Å². The first-order chi connectivity index (χ1) is 32.5. The minimum Gasteiger partial charge on any atom is -0.310 e. The molecule has 3 aliphatic carbocycles. The van der Waals surface area contributed by atoms with Gasteiger partial charge < -0.3 is 9.80 Å². The fraction of sp³-hybridized carbons (Fsp3) is 0.0938. The van der Waals surface area contributed by atoms with Gasteiger partial charge in [-0.15, -0.1) is 0 Å². The Labute approximate surface area is 389 Å². The Morgan fingerprint density at radius 2 is 0.818 bits per heavy atom. The van der Waals surface area contributed by atoms with Crippen LogP contribution in [0.25, 0.3) is 27.8 Å². The van der Waals surface area contributed by atoms with Gasteiger partial charge >= 0.3 is 0 Å². The van der Waals surface area contributed by atoms with Crippen molar-refractivity contribution in [1.29, 1.82) is 0 Å². The van der Waals surface area contributed by atoms with Gasteiger partial charge in [-0.05, 0) is 146 Å². The van der Waals surface area contributed by atoms with E-state index in [0.717, 1.165) is 47.0 Å². The summed E-state index contributed by atoms with van der Waals surface area (Å²) in [6.45, 7) is 4.73. The molecule has 0 heterocycles. The molecule has 0 aliphatic heterocycles. The van der Waals surface area contributed by atoms with E-state index in [2.05, 4.69) is 266 Å². The quantitative estimate of drug-likeness (QED) is 0.143. The Hall–Kier alpha value is -7.94. The molecule has 2 nitrogen and oxygen atoms in total.